The highest BCUT2D eigenvalue weighted by atomic mass is 16.5. The normalized spacial score (nSPS) is 24.2. The molecule has 1 aliphatic rings. The first-order valence-corrected chi connectivity index (χ1v) is 5.83. The van der Waals surface area contributed by atoms with Gasteiger partial charge in [0.15, 0.2) is 5.69 Å². The molecule has 1 aliphatic carbocycles. The van der Waals surface area contributed by atoms with Crippen LogP contribution in [0.4, 0.5) is 0 Å². The van der Waals surface area contributed by atoms with Crippen molar-refractivity contribution in [2.75, 3.05) is 0 Å². The molecule has 7 heteroatoms. The van der Waals surface area contributed by atoms with Crippen LogP contribution in [0.1, 0.15) is 35.5 Å². The van der Waals surface area contributed by atoms with Crippen molar-refractivity contribution in [1.82, 2.24) is 10.5 Å². The molecule has 1 fully saturated rings. The van der Waals surface area contributed by atoms with E-state index in [4.69, 9.17) is 15.5 Å². The SMILES string of the molecule is Cc1cc(C(=O)NC2CCCC2C(N)=NO)no1. The monoisotopic (exact) mass is 252 g/mol. The number of rotatable bonds is 3. The first-order chi connectivity index (χ1) is 8.61. The Bertz CT molecular complexity index is 469. The fourth-order valence-corrected chi connectivity index (χ4v) is 2.28. The lowest BCUT2D eigenvalue weighted by atomic mass is 10.0. The zero-order valence-electron chi connectivity index (χ0n) is 10.1. The molecular weight excluding hydrogens is 236 g/mol. The summed E-state index contributed by atoms with van der Waals surface area (Å²) in [5.74, 6) is 0.329. The van der Waals surface area contributed by atoms with E-state index in [2.05, 4.69) is 15.6 Å². The van der Waals surface area contributed by atoms with Gasteiger partial charge in [0, 0.05) is 18.0 Å². The van der Waals surface area contributed by atoms with E-state index >= 15 is 0 Å². The average molecular weight is 252 g/mol. The molecule has 4 N–H and O–H groups in total. The zero-order valence-corrected chi connectivity index (χ0v) is 10.1. The minimum atomic E-state index is -0.297. The molecule has 1 saturated carbocycles. The number of amides is 1. The first kappa shape index (κ1) is 12.4. The predicted molar refractivity (Wildman–Crippen MR) is 63.2 cm³/mol. The number of carbonyl (C=O) groups is 1. The molecule has 2 unspecified atom stereocenters. The van der Waals surface area contributed by atoms with Gasteiger partial charge in [0.1, 0.15) is 11.6 Å². The summed E-state index contributed by atoms with van der Waals surface area (Å²) in [6.45, 7) is 1.72. The summed E-state index contributed by atoms with van der Waals surface area (Å²) < 4.78 is 4.85. The first-order valence-electron chi connectivity index (χ1n) is 5.83. The summed E-state index contributed by atoms with van der Waals surface area (Å²) >= 11 is 0. The number of carbonyl (C=O) groups excluding carboxylic acids is 1. The number of nitrogens with zero attached hydrogens (tertiary/aromatic N) is 2. The van der Waals surface area contributed by atoms with E-state index < -0.39 is 0 Å². The van der Waals surface area contributed by atoms with Gasteiger partial charge in [-0.25, -0.2) is 0 Å². The van der Waals surface area contributed by atoms with Crippen LogP contribution in [0, 0.1) is 12.8 Å². The van der Waals surface area contributed by atoms with E-state index in [1.807, 2.05) is 0 Å². The van der Waals surface area contributed by atoms with Gasteiger partial charge in [-0.1, -0.05) is 16.7 Å². The number of hydrogen-bond acceptors (Lipinski definition) is 5. The molecule has 18 heavy (non-hydrogen) atoms. The summed E-state index contributed by atoms with van der Waals surface area (Å²) in [6, 6.07) is 1.45. The topological polar surface area (TPSA) is 114 Å². The van der Waals surface area contributed by atoms with Crippen molar-refractivity contribution in [3.63, 3.8) is 0 Å². The van der Waals surface area contributed by atoms with Crippen LogP contribution in [0.25, 0.3) is 0 Å². The highest BCUT2D eigenvalue weighted by Gasteiger charge is 2.32. The fraction of sp³-hybridized carbons (Fsp3) is 0.545. The van der Waals surface area contributed by atoms with Crippen LogP contribution in [-0.2, 0) is 0 Å². The Morgan fingerprint density at radius 1 is 1.67 bits per heavy atom. The van der Waals surface area contributed by atoms with Gasteiger partial charge in [-0.2, -0.15) is 0 Å². The summed E-state index contributed by atoms with van der Waals surface area (Å²) in [7, 11) is 0. The second-order valence-corrected chi connectivity index (χ2v) is 4.47. The van der Waals surface area contributed by atoms with E-state index in [-0.39, 0.29) is 29.4 Å². The molecule has 0 saturated heterocycles. The smallest absolute Gasteiger partial charge is 0.273 e. The second kappa shape index (κ2) is 5.07. The van der Waals surface area contributed by atoms with Crippen LogP contribution < -0.4 is 11.1 Å². The van der Waals surface area contributed by atoms with Gasteiger partial charge < -0.3 is 20.8 Å². The van der Waals surface area contributed by atoms with Crippen molar-refractivity contribution in [2.45, 2.75) is 32.2 Å². The molecule has 2 atom stereocenters. The molecule has 1 aromatic rings. The highest BCUT2D eigenvalue weighted by Crippen LogP contribution is 2.26. The fourth-order valence-electron chi connectivity index (χ4n) is 2.28. The van der Waals surface area contributed by atoms with Crippen molar-refractivity contribution in [3.05, 3.63) is 17.5 Å². The van der Waals surface area contributed by atoms with Gasteiger partial charge in [-0.05, 0) is 19.8 Å². The lowest BCUT2D eigenvalue weighted by molar-refractivity contribution is 0.0924. The van der Waals surface area contributed by atoms with Crippen molar-refractivity contribution in [1.29, 1.82) is 0 Å². The largest absolute Gasteiger partial charge is 0.409 e. The number of oxime groups is 1. The van der Waals surface area contributed by atoms with Gasteiger partial charge in [0.05, 0.1) is 0 Å². The van der Waals surface area contributed by atoms with Crippen LogP contribution in [0.3, 0.4) is 0 Å². The van der Waals surface area contributed by atoms with Crippen molar-refractivity contribution in [2.24, 2.45) is 16.8 Å². The van der Waals surface area contributed by atoms with Crippen LogP contribution in [0.5, 0.6) is 0 Å². The van der Waals surface area contributed by atoms with Crippen molar-refractivity contribution in [3.8, 4) is 0 Å². The molecule has 1 amide bonds. The number of aromatic nitrogens is 1. The second-order valence-electron chi connectivity index (χ2n) is 4.47. The summed E-state index contributed by atoms with van der Waals surface area (Å²) in [4.78, 5) is 11.9. The quantitative estimate of drug-likeness (QED) is 0.316. The molecule has 0 spiro atoms. The molecule has 0 radical (unpaired) electrons. The van der Waals surface area contributed by atoms with Gasteiger partial charge >= 0.3 is 0 Å². The number of aryl methyl sites for hydroxylation is 1. The maximum Gasteiger partial charge on any atom is 0.273 e. The summed E-state index contributed by atoms with van der Waals surface area (Å²) in [5, 5.41) is 18.2. The van der Waals surface area contributed by atoms with Crippen LogP contribution >= 0.6 is 0 Å². The van der Waals surface area contributed by atoms with Gasteiger partial charge in [-0.3, -0.25) is 4.79 Å². The van der Waals surface area contributed by atoms with Crippen LogP contribution in [0.2, 0.25) is 0 Å². The lowest BCUT2D eigenvalue weighted by Crippen LogP contribution is -2.42. The Kier molecular flexibility index (Phi) is 3.50. The summed E-state index contributed by atoms with van der Waals surface area (Å²) in [5.41, 5.74) is 5.85. The van der Waals surface area contributed by atoms with Gasteiger partial charge in [0.25, 0.3) is 5.91 Å². The summed E-state index contributed by atoms with van der Waals surface area (Å²) in [6.07, 6.45) is 2.55. The Morgan fingerprint density at radius 3 is 3.06 bits per heavy atom. The van der Waals surface area contributed by atoms with Crippen LogP contribution in [-0.4, -0.2) is 28.1 Å². The molecule has 98 valence electrons. The third-order valence-electron chi connectivity index (χ3n) is 3.19. The number of nitrogens with one attached hydrogen (secondary N) is 1. The number of hydrogen-bond donors (Lipinski definition) is 3. The highest BCUT2D eigenvalue weighted by molar-refractivity contribution is 5.93. The van der Waals surface area contributed by atoms with Gasteiger partial charge in [0.2, 0.25) is 0 Å². The van der Waals surface area contributed by atoms with E-state index in [1.165, 1.54) is 0 Å². The standard InChI is InChI=1S/C11H16N4O3/c1-6-5-9(15-18-6)11(16)13-8-4-2-3-7(8)10(12)14-17/h5,7-8,17H,2-4H2,1H3,(H2,12,14)(H,13,16). The maximum atomic E-state index is 11.9. The van der Waals surface area contributed by atoms with E-state index in [1.54, 1.807) is 13.0 Å². The molecule has 0 aromatic carbocycles. The van der Waals surface area contributed by atoms with Gasteiger partial charge in [-0.15, -0.1) is 0 Å². The molecule has 7 nitrogen and oxygen atoms in total. The molecule has 0 aliphatic heterocycles. The Labute approximate surface area is 104 Å². The Morgan fingerprint density at radius 2 is 2.44 bits per heavy atom. The zero-order chi connectivity index (χ0) is 13.1. The average Bonchev–Trinajstić information content (AvgIpc) is 2.97. The Balaban J connectivity index is 2.03. The molecular formula is C11H16N4O3. The molecule has 0 bridgehead atoms. The number of amidine groups is 1. The Hall–Kier alpha value is -2.05. The predicted octanol–water partition coefficient (Wildman–Crippen LogP) is 0.628. The van der Waals surface area contributed by atoms with Crippen molar-refractivity contribution >= 4 is 11.7 Å². The van der Waals surface area contributed by atoms with E-state index in [0.717, 1.165) is 19.3 Å². The van der Waals surface area contributed by atoms with E-state index in [0.29, 0.717) is 5.76 Å². The molecule has 1 aromatic heterocycles. The molecule has 1 heterocycles. The number of nitrogens with two attached hydrogens (primary N) is 1. The lowest BCUT2D eigenvalue weighted by Gasteiger charge is -2.18. The molecule has 2 rings (SSSR count). The third-order valence-corrected chi connectivity index (χ3v) is 3.19. The van der Waals surface area contributed by atoms with E-state index in [9.17, 15) is 4.79 Å². The maximum absolute atomic E-state index is 11.9. The minimum Gasteiger partial charge on any atom is -0.409 e. The minimum absolute atomic E-state index is 0.119. The van der Waals surface area contributed by atoms with Crippen molar-refractivity contribution < 1.29 is 14.5 Å². The van der Waals surface area contributed by atoms with Crippen LogP contribution in [0.15, 0.2) is 15.7 Å². The third kappa shape index (κ3) is 2.44.